The van der Waals surface area contributed by atoms with Crippen LogP contribution in [0.1, 0.15) is 26.7 Å². The van der Waals surface area contributed by atoms with E-state index in [1.54, 1.807) is 0 Å². The molecule has 0 saturated carbocycles. The molecule has 19 heavy (non-hydrogen) atoms. The largest absolute Gasteiger partial charge is 0.369 e. The van der Waals surface area contributed by atoms with E-state index in [1.807, 2.05) is 23.9 Å². The monoisotopic (exact) mass is 341 g/mol. The van der Waals surface area contributed by atoms with Gasteiger partial charge in [-0.25, -0.2) is 4.98 Å². The van der Waals surface area contributed by atoms with Crippen molar-refractivity contribution in [3.63, 3.8) is 0 Å². The second-order valence-corrected chi connectivity index (χ2v) is 6.97. The van der Waals surface area contributed by atoms with E-state index in [1.165, 1.54) is 0 Å². The molecular weight excluding hydrogens is 322 g/mol. The van der Waals surface area contributed by atoms with Gasteiger partial charge in [0.2, 0.25) is 5.95 Å². The zero-order valence-electron chi connectivity index (χ0n) is 11.6. The van der Waals surface area contributed by atoms with Crippen molar-refractivity contribution in [2.24, 2.45) is 0 Å². The lowest BCUT2D eigenvalue weighted by atomic mass is 10.0. The molecule has 0 aliphatic heterocycles. The maximum atomic E-state index is 6.10. The molecule has 3 nitrogen and oxygen atoms in total. The van der Waals surface area contributed by atoms with Gasteiger partial charge in [0, 0.05) is 15.8 Å². The number of thioether (sulfide) groups is 1. The second-order valence-electron chi connectivity index (χ2n) is 4.78. The van der Waals surface area contributed by atoms with E-state index < -0.39 is 0 Å². The fourth-order valence-corrected chi connectivity index (χ4v) is 3.59. The number of benzene rings is 1. The predicted molar refractivity (Wildman–Crippen MR) is 88.7 cm³/mol. The molecule has 2 aromatic rings. The lowest BCUT2D eigenvalue weighted by Gasteiger charge is -2.30. The van der Waals surface area contributed by atoms with Crippen molar-refractivity contribution in [1.29, 1.82) is 0 Å². The molecule has 1 heterocycles. The van der Waals surface area contributed by atoms with Gasteiger partial charge in [0.1, 0.15) is 0 Å². The van der Waals surface area contributed by atoms with E-state index in [-0.39, 0.29) is 4.75 Å². The maximum absolute atomic E-state index is 6.10. The van der Waals surface area contributed by atoms with Gasteiger partial charge >= 0.3 is 0 Å². The van der Waals surface area contributed by atoms with E-state index in [0.717, 1.165) is 34.9 Å². The number of halogens is 1. The Morgan fingerprint density at radius 1 is 1.37 bits per heavy atom. The Morgan fingerprint density at radius 2 is 2.05 bits per heavy atom. The Balaban J connectivity index is 2.47. The van der Waals surface area contributed by atoms with Crippen LogP contribution in [0.25, 0.3) is 11.0 Å². The smallest absolute Gasteiger partial charge is 0.201 e. The Bertz CT molecular complexity index is 567. The summed E-state index contributed by atoms with van der Waals surface area (Å²) in [5, 5.41) is 0. The van der Waals surface area contributed by atoms with Gasteiger partial charge in [-0.15, -0.1) is 0 Å². The summed E-state index contributed by atoms with van der Waals surface area (Å²) in [6.07, 6.45) is 4.43. The summed E-state index contributed by atoms with van der Waals surface area (Å²) in [4.78, 5) is 4.46. The molecule has 2 N–H and O–H groups in total. The number of fused-ring (bicyclic) bond motifs is 1. The zero-order valence-corrected chi connectivity index (χ0v) is 14.0. The van der Waals surface area contributed by atoms with E-state index in [0.29, 0.717) is 5.95 Å². The lowest BCUT2D eigenvalue weighted by molar-refractivity contribution is 0.476. The summed E-state index contributed by atoms with van der Waals surface area (Å²) in [5.74, 6) is 0.605. The Morgan fingerprint density at radius 3 is 2.63 bits per heavy atom. The molecule has 0 amide bonds. The van der Waals surface area contributed by atoms with Crippen molar-refractivity contribution < 1.29 is 0 Å². The molecule has 0 bridgehead atoms. The third kappa shape index (κ3) is 2.77. The summed E-state index contributed by atoms with van der Waals surface area (Å²) in [7, 11) is 0. The molecule has 2 rings (SSSR count). The summed E-state index contributed by atoms with van der Waals surface area (Å²) < 4.78 is 3.41. The topological polar surface area (TPSA) is 43.8 Å². The molecule has 104 valence electrons. The van der Waals surface area contributed by atoms with Gasteiger partial charge in [0.25, 0.3) is 0 Å². The van der Waals surface area contributed by atoms with Crippen molar-refractivity contribution in [2.75, 3.05) is 12.0 Å². The number of nitrogens with zero attached hydrogens (tertiary/aromatic N) is 2. The molecule has 0 aliphatic rings. The van der Waals surface area contributed by atoms with Gasteiger partial charge in [-0.2, -0.15) is 11.8 Å². The number of hydrogen-bond donors (Lipinski definition) is 1. The highest BCUT2D eigenvalue weighted by Crippen LogP contribution is 2.34. The molecule has 0 fully saturated rings. The molecule has 1 aromatic carbocycles. The van der Waals surface area contributed by atoms with Crippen LogP contribution in [0.3, 0.4) is 0 Å². The molecule has 0 radical (unpaired) electrons. The highest BCUT2D eigenvalue weighted by molar-refractivity contribution is 9.10. The van der Waals surface area contributed by atoms with Gasteiger partial charge in [0.15, 0.2) is 0 Å². The van der Waals surface area contributed by atoms with Crippen LogP contribution in [-0.2, 0) is 6.54 Å². The van der Waals surface area contributed by atoms with Crippen molar-refractivity contribution in [2.45, 2.75) is 38.0 Å². The van der Waals surface area contributed by atoms with Crippen LogP contribution in [-0.4, -0.2) is 20.6 Å². The fourth-order valence-electron chi connectivity index (χ4n) is 2.40. The van der Waals surface area contributed by atoms with Gasteiger partial charge in [0.05, 0.1) is 11.0 Å². The van der Waals surface area contributed by atoms with E-state index in [2.05, 4.69) is 51.7 Å². The fraction of sp³-hybridized carbons (Fsp3) is 0.500. The number of nitrogen functional groups attached to an aromatic ring is 1. The zero-order chi connectivity index (χ0) is 14.0. The minimum Gasteiger partial charge on any atom is -0.369 e. The Hall–Kier alpha value is -0.680. The molecular formula is C14H20BrN3S. The van der Waals surface area contributed by atoms with E-state index >= 15 is 0 Å². The predicted octanol–water partition coefficient (Wildman–Crippen LogP) is 4.30. The van der Waals surface area contributed by atoms with Crippen LogP contribution in [0, 0.1) is 0 Å². The van der Waals surface area contributed by atoms with Crippen LogP contribution < -0.4 is 5.73 Å². The minimum atomic E-state index is 0.231. The number of hydrogen-bond acceptors (Lipinski definition) is 3. The normalized spacial score (nSPS) is 12.2. The maximum Gasteiger partial charge on any atom is 0.201 e. The number of rotatable bonds is 5. The first-order chi connectivity index (χ1) is 9.05. The average molecular weight is 342 g/mol. The SMILES string of the molecule is CCC(CC)(Cn1c(N)nc2cc(Br)ccc21)SC. The number of imidazole rings is 1. The van der Waals surface area contributed by atoms with Crippen LogP contribution in [0.2, 0.25) is 0 Å². The summed E-state index contributed by atoms with van der Waals surface area (Å²) in [6.45, 7) is 5.39. The molecule has 5 heteroatoms. The number of aromatic nitrogens is 2. The second kappa shape index (κ2) is 5.75. The molecule has 0 saturated heterocycles. The Labute approximate surface area is 127 Å². The van der Waals surface area contributed by atoms with Crippen molar-refractivity contribution >= 4 is 44.7 Å². The van der Waals surface area contributed by atoms with Crippen molar-refractivity contribution in [3.8, 4) is 0 Å². The highest BCUT2D eigenvalue weighted by atomic mass is 79.9. The molecule has 0 unspecified atom stereocenters. The average Bonchev–Trinajstić information content (AvgIpc) is 2.71. The number of nitrogens with two attached hydrogens (primary N) is 1. The first kappa shape index (κ1) is 14.7. The van der Waals surface area contributed by atoms with Crippen molar-refractivity contribution in [1.82, 2.24) is 9.55 Å². The summed E-state index contributed by atoms with van der Waals surface area (Å²) in [6, 6.07) is 6.14. The standard InChI is InChI=1S/C14H20BrN3S/c1-4-14(5-2,19-3)9-18-12-7-6-10(15)8-11(12)17-13(18)16/h6-8H,4-5,9H2,1-3H3,(H2,16,17). The molecule has 0 aliphatic carbocycles. The Kier molecular flexibility index (Phi) is 4.46. The first-order valence-electron chi connectivity index (χ1n) is 6.51. The molecule has 1 aromatic heterocycles. The van der Waals surface area contributed by atoms with Gasteiger partial charge in [-0.3, -0.25) is 0 Å². The minimum absolute atomic E-state index is 0.231. The van der Waals surface area contributed by atoms with Crippen LogP contribution in [0.15, 0.2) is 22.7 Å². The van der Waals surface area contributed by atoms with Gasteiger partial charge in [-0.05, 0) is 37.3 Å². The first-order valence-corrected chi connectivity index (χ1v) is 8.53. The van der Waals surface area contributed by atoms with Gasteiger partial charge in [-0.1, -0.05) is 29.8 Å². The van der Waals surface area contributed by atoms with E-state index in [9.17, 15) is 0 Å². The van der Waals surface area contributed by atoms with Crippen LogP contribution in [0.5, 0.6) is 0 Å². The summed E-state index contributed by atoms with van der Waals surface area (Å²) in [5.41, 5.74) is 8.17. The van der Waals surface area contributed by atoms with Gasteiger partial charge < -0.3 is 10.3 Å². The number of anilines is 1. The summed E-state index contributed by atoms with van der Waals surface area (Å²) >= 11 is 5.40. The van der Waals surface area contributed by atoms with Crippen molar-refractivity contribution in [3.05, 3.63) is 22.7 Å². The quantitative estimate of drug-likeness (QED) is 0.881. The lowest BCUT2D eigenvalue weighted by Crippen LogP contribution is -2.29. The molecule has 0 spiro atoms. The van der Waals surface area contributed by atoms with Crippen LogP contribution in [0.4, 0.5) is 5.95 Å². The third-order valence-corrected chi connectivity index (χ3v) is 5.97. The van der Waals surface area contributed by atoms with Crippen LogP contribution >= 0.6 is 27.7 Å². The van der Waals surface area contributed by atoms with E-state index in [4.69, 9.17) is 5.73 Å². The third-order valence-electron chi connectivity index (χ3n) is 3.91. The highest BCUT2D eigenvalue weighted by Gasteiger charge is 2.27. The molecule has 0 atom stereocenters.